The zero-order valence-electron chi connectivity index (χ0n) is 15.5. The fourth-order valence-corrected chi connectivity index (χ4v) is 4.37. The van der Waals surface area contributed by atoms with Gasteiger partial charge < -0.3 is 10.1 Å². The van der Waals surface area contributed by atoms with Crippen molar-refractivity contribution in [1.29, 1.82) is 0 Å². The number of aromatic amines is 2. The highest BCUT2D eigenvalue weighted by Gasteiger charge is 2.15. The van der Waals surface area contributed by atoms with E-state index in [1.54, 1.807) is 29.8 Å². The van der Waals surface area contributed by atoms with Crippen LogP contribution in [0.5, 0.6) is 5.75 Å². The average molecular weight is 410 g/mol. The predicted molar refractivity (Wildman–Crippen MR) is 117 cm³/mol. The second-order valence-electron chi connectivity index (χ2n) is 6.90. The molecule has 0 radical (unpaired) electrons. The first-order valence-corrected chi connectivity index (χ1v) is 10.1. The number of fused-ring (bicyclic) bond motifs is 2. The Balaban J connectivity index is 1.52. The van der Waals surface area contributed by atoms with E-state index in [4.69, 9.17) is 0 Å². The maximum Gasteiger partial charge on any atom is 0.134 e. The molecule has 0 unspecified atom stereocenters. The van der Waals surface area contributed by atoms with E-state index in [0.29, 0.717) is 5.69 Å². The van der Waals surface area contributed by atoms with E-state index in [9.17, 15) is 5.11 Å². The first-order valence-electron chi connectivity index (χ1n) is 9.27. The Morgan fingerprint density at radius 1 is 0.900 bits per heavy atom. The summed E-state index contributed by atoms with van der Waals surface area (Å²) in [7, 11) is 0. The van der Waals surface area contributed by atoms with E-state index >= 15 is 0 Å². The molecular weight excluding hydrogens is 396 g/mol. The van der Waals surface area contributed by atoms with Crippen molar-refractivity contribution in [2.75, 3.05) is 0 Å². The van der Waals surface area contributed by atoms with Gasteiger partial charge in [0.15, 0.2) is 0 Å². The van der Waals surface area contributed by atoms with Crippen LogP contribution in [-0.2, 0) is 0 Å². The van der Waals surface area contributed by atoms with Crippen LogP contribution < -0.4 is 0 Å². The third-order valence-corrected chi connectivity index (χ3v) is 5.90. The second-order valence-corrected chi connectivity index (χ2v) is 7.85. The Morgan fingerprint density at radius 2 is 1.83 bits per heavy atom. The van der Waals surface area contributed by atoms with Crippen LogP contribution >= 0.6 is 11.3 Å². The van der Waals surface area contributed by atoms with Gasteiger partial charge in [0, 0.05) is 34.2 Å². The number of hydrogen-bond acceptors (Lipinski definition) is 6. The summed E-state index contributed by atoms with van der Waals surface area (Å²) < 4.78 is 0. The smallest absolute Gasteiger partial charge is 0.134 e. The summed E-state index contributed by atoms with van der Waals surface area (Å²) in [4.78, 5) is 17.7. The van der Waals surface area contributed by atoms with E-state index < -0.39 is 0 Å². The summed E-state index contributed by atoms with van der Waals surface area (Å²) in [5.41, 5.74) is 5.94. The Morgan fingerprint density at radius 3 is 2.70 bits per heavy atom. The lowest BCUT2D eigenvalue weighted by atomic mass is 10.1. The number of aromatic hydroxyl groups is 1. The summed E-state index contributed by atoms with van der Waals surface area (Å²) in [5, 5.41) is 21.4. The van der Waals surface area contributed by atoms with Crippen molar-refractivity contribution >= 4 is 33.1 Å². The van der Waals surface area contributed by atoms with Crippen LogP contribution in [0.15, 0.2) is 66.6 Å². The standard InChI is InChI=1S/C22H14N6OS/c29-13-6-12(9-23-10-13)17-7-15-19(11-25-17)27-28-21(15)18-8-14-16(26-18)3-4-24-22(14)20-2-1-5-30-20/h1-11,26,29H,(H,27,28). The van der Waals surface area contributed by atoms with E-state index in [2.05, 4.69) is 47.6 Å². The summed E-state index contributed by atoms with van der Waals surface area (Å²) >= 11 is 1.67. The molecule has 144 valence electrons. The minimum Gasteiger partial charge on any atom is -0.506 e. The zero-order valence-corrected chi connectivity index (χ0v) is 16.3. The maximum atomic E-state index is 9.75. The van der Waals surface area contributed by atoms with Crippen molar-refractivity contribution in [2.24, 2.45) is 0 Å². The number of nitrogens with zero attached hydrogens (tertiary/aromatic N) is 4. The molecule has 6 rings (SSSR count). The predicted octanol–water partition coefficient (Wildman–Crippen LogP) is 5.00. The number of rotatable bonds is 3. The number of H-pyrrole nitrogens is 2. The van der Waals surface area contributed by atoms with Gasteiger partial charge in [-0.1, -0.05) is 6.07 Å². The minimum atomic E-state index is 0.103. The number of nitrogens with one attached hydrogen (secondary N) is 2. The molecule has 6 aromatic heterocycles. The first-order chi connectivity index (χ1) is 14.8. The van der Waals surface area contributed by atoms with E-state index in [-0.39, 0.29) is 5.75 Å². The van der Waals surface area contributed by atoms with Crippen molar-refractivity contribution in [3.63, 3.8) is 0 Å². The molecule has 0 aliphatic carbocycles. The van der Waals surface area contributed by atoms with Gasteiger partial charge in [0.1, 0.15) is 11.4 Å². The highest BCUT2D eigenvalue weighted by atomic mass is 32.1. The molecule has 0 spiro atoms. The van der Waals surface area contributed by atoms with Gasteiger partial charge in [0.2, 0.25) is 0 Å². The fourth-order valence-electron chi connectivity index (χ4n) is 3.64. The number of aromatic nitrogens is 6. The van der Waals surface area contributed by atoms with Gasteiger partial charge in [-0.05, 0) is 35.7 Å². The molecule has 30 heavy (non-hydrogen) atoms. The van der Waals surface area contributed by atoms with Gasteiger partial charge in [-0.2, -0.15) is 5.10 Å². The van der Waals surface area contributed by atoms with Crippen molar-refractivity contribution in [3.8, 4) is 39.0 Å². The third-order valence-electron chi connectivity index (χ3n) is 5.02. The third kappa shape index (κ3) is 2.66. The molecule has 0 saturated heterocycles. The topological polar surface area (TPSA) is 103 Å². The van der Waals surface area contributed by atoms with Crippen LogP contribution in [0.1, 0.15) is 0 Å². The van der Waals surface area contributed by atoms with E-state index in [1.807, 2.05) is 24.4 Å². The molecule has 8 heteroatoms. The molecule has 7 nitrogen and oxygen atoms in total. The van der Waals surface area contributed by atoms with Crippen molar-refractivity contribution in [2.45, 2.75) is 0 Å². The number of pyridine rings is 3. The van der Waals surface area contributed by atoms with Crippen LogP contribution in [0.25, 0.3) is 55.0 Å². The quantitative estimate of drug-likeness (QED) is 0.381. The number of thiophene rings is 1. The van der Waals surface area contributed by atoms with Crippen LogP contribution in [0, 0.1) is 0 Å². The van der Waals surface area contributed by atoms with Crippen LogP contribution in [-0.4, -0.2) is 35.2 Å². The molecule has 6 aromatic rings. The minimum absolute atomic E-state index is 0.103. The van der Waals surface area contributed by atoms with Gasteiger partial charge in [-0.25, -0.2) is 0 Å². The Labute approximate surface area is 174 Å². The fraction of sp³-hybridized carbons (Fsp3) is 0. The highest BCUT2D eigenvalue weighted by molar-refractivity contribution is 7.13. The van der Waals surface area contributed by atoms with Gasteiger partial charge in [0.05, 0.1) is 39.9 Å². The molecule has 6 heterocycles. The lowest BCUT2D eigenvalue weighted by Crippen LogP contribution is -1.85. The maximum absolute atomic E-state index is 9.75. The molecule has 0 amide bonds. The van der Waals surface area contributed by atoms with Gasteiger partial charge in [-0.15, -0.1) is 11.3 Å². The number of hydrogen-bond donors (Lipinski definition) is 3. The lowest BCUT2D eigenvalue weighted by molar-refractivity contribution is 0.473. The van der Waals surface area contributed by atoms with Gasteiger partial charge in [0.25, 0.3) is 0 Å². The molecule has 0 fully saturated rings. The summed E-state index contributed by atoms with van der Waals surface area (Å²) in [6, 6.07) is 11.8. The molecule has 3 N–H and O–H groups in total. The van der Waals surface area contributed by atoms with Gasteiger partial charge in [-0.3, -0.25) is 20.1 Å². The largest absolute Gasteiger partial charge is 0.506 e. The van der Waals surface area contributed by atoms with Crippen molar-refractivity contribution in [3.05, 3.63) is 66.6 Å². The summed E-state index contributed by atoms with van der Waals surface area (Å²) in [6.45, 7) is 0. The highest BCUT2D eigenvalue weighted by Crippen LogP contribution is 2.35. The first kappa shape index (κ1) is 16.9. The van der Waals surface area contributed by atoms with Gasteiger partial charge >= 0.3 is 0 Å². The Kier molecular flexibility index (Phi) is 3.65. The normalized spacial score (nSPS) is 11.5. The van der Waals surface area contributed by atoms with Crippen LogP contribution in [0.3, 0.4) is 0 Å². The Bertz CT molecular complexity index is 1520. The van der Waals surface area contributed by atoms with E-state index in [1.165, 1.54) is 6.20 Å². The Hall–Kier alpha value is -4.04. The van der Waals surface area contributed by atoms with Crippen LogP contribution in [0.2, 0.25) is 0 Å². The molecule has 0 aliphatic heterocycles. The summed E-state index contributed by atoms with van der Waals surface area (Å²) in [6.07, 6.45) is 6.63. The van der Waals surface area contributed by atoms with Crippen molar-refractivity contribution < 1.29 is 5.11 Å². The molecule has 0 saturated carbocycles. The van der Waals surface area contributed by atoms with Crippen molar-refractivity contribution in [1.82, 2.24) is 30.1 Å². The molecule has 0 atom stereocenters. The molecule has 0 aromatic carbocycles. The molecular formula is C22H14N6OS. The second kappa shape index (κ2) is 6.50. The van der Waals surface area contributed by atoms with E-state index in [0.717, 1.165) is 49.3 Å². The van der Waals surface area contributed by atoms with Crippen LogP contribution in [0.4, 0.5) is 0 Å². The summed E-state index contributed by atoms with van der Waals surface area (Å²) in [5.74, 6) is 0.103. The SMILES string of the molecule is Oc1cncc(-c2cc3c(-c4cc5c(-c6cccs6)nccc5[nH]4)n[nH]c3cn2)c1. The lowest BCUT2D eigenvalue weighted by Gasteiger charge is -2.01. The monoisotopic (exact) mass is 410 g/mol. The molecule has 0 bridgehead atoms. The molecule has 0 aliphatic rings. The average Bonchev–Trinajstić information content (AvgIpc) is 3.51. The zero-order chi connectivity index (χ0) is 20.1.